The van der Waals surface area contributed by atoms with Crippen LogP contribution in [0.1, 0.15) is 17.3 Å². The summed E-state index contributed by atoms with van der Waals surface area (Å²) in [5.41, 5.74) is 0.358. The summed E-state index contributed by atoms with van der Waals surface area (Å²) < 4.78 is 27.5. The van der Waals surface area contributed by atoms with Gasteiger partial charge in [0, 0.05) is 18.4 Å². The molecule has 0 radical (unpaired) electrons. The van der Waals surface area contributed by atoms with Gasteiger partial charge in [-0.15, -0.1) is 0 Å². The molecule has 88 valence electrons. The molecule has 1 aromatic carbocycles. The van der Waals surface area contributed by atoms with Gasteiger partial charge in [0.05, 0.1) is 4.90 Å². The first-order valence-electron chi connectivity index (χ1n) is 4.86. The van der Waals surface area contributed by atoms with Crippen molar-refractivity contribution < 1.29 is 17.9 Å². The Labute approximate surface area is 95.2 Å². The van der Waals surface area contributed by atoms with Gasteiger partial charge in [-0.2, -0.15) is 0 Å². The molecular weight excluding hydrogens is 228 g/mol. The fraction of sp³-hybridized carbons (Fsp3) is 0.364. The Balaban J connectivity index is 2.95. The van der Waals surface area contributed by atoms with Crippen LogP contribution in [-0.2, 0) is 14.6 Å². The molecule has 0 aliphatic heterocycles. The highest BCUT2D eigenvalue weighted by Gasteiger charge is 2.11. The predicted octanol–water partition coefficient (Wildman–Crippen LogP) is 1.31. The van der Waals surface area contributed by atoms with Crippen molar-refractivity contribution >= 4 is 15.6 Å². The molecule has 0 spiro atoms. The molecule has 1 rings (SSSR count). The number of ketones is 1. The van der Waals surface area contributed by atoms with E-state index >= 15 is 0 Å². The molecule has 0 heterocycles. The summed E-state index contributed by atoms with van der Waals surface area (Å²) in [7, 11) is -3.27. The maximum absolute atomic E-state index is 11.6. The van der Waals surface area contributed by atoms with Gasteiger partial charge in [0.25, 0.3) is 0 Å². The highest BCUT2D eigenvalue weighted by Crippen LogP contribution is 2.11. The van der Waals surface area contributed by atoms with E-state index in [-0.39, 0.29) is 17.3 Å². The van der Waals surface area contributed by atoms with Crippen molar-refractivity contribution in [1.29, 1.82) is 0 Å². The standard InChI is InChI=1S/C11H14O4S/c1-3-15-8-11(12)9-5-4-6-10(7-9)16(2,13)14/h4-7H,3,8H2,1-2H3. The fourth-order valence-corrected chi connectivity index (χ4v) is 1.85. The third-order valence-corrected chi connectivity index (χ3v) is 3.13. The molecule has 0 N–H and O–H groups in total. The average Bonchev–Trinajstić information content (AvgIpc) is 2.25. The van der Waals surface area contributed by atoms with Gasteiger partial charge >= 0.3 is 0 Å². The summed E-state index contributed by atoms with van der Waals surface area (Å²) >= 11 is 0. The zero-order valence-corrected chi connectivity index (χ0v) is 10.1. The number of benzene rings is 1. The van der Waals surface area contributed by atoms with E-state index in [0.29, 0.717) is 12.2 Å². The normalized spacial score (nSPS) is 11.4. The molecule has 0 aromatic heterocycles. The number of hydrogen-bond donors (Lipinski definition) is 0. The Kier molecular flexibility index (Phi) is 4.20. The quantitative estimate of drug-likeness (QED) is 0.730. The van der Waals surface area contributed by atoms with Gasteiger partial charge in [0.1, 0.15) is 6.61 Å². The fourth-order valence-electron chi connectivity index (χ4n) is 1.18. The van der Waals surface area contributed by atoms with E-state index in [2.05, 4.69) is 0 Å². The van der Waals surface area contributed by atoms with Crippen LogP contribution in [0.4, 0.5) is 0 Å². The van der Waals surface area contributed by atoms with Crippen molar-refractivity contribution in [3.63, 3.8) is 0 Å². The highest BCUT2D eigenvalue weighted by molar-refractivity contribution is 7.90. The number of hydrogen-bond acceptors (Lipinski definition) is 4. The zero-order chi connectivity index (χ0) is 12.2. The molecule has 16 heavy (non-hydrogen) atoms. The minimum atomic E-state index is -3.27. The second-order valence-corrected chi connectivity index (χ2v) is 5.38. The van der Waals surface area contributed by atoms with Crippen molar-refractivity contribution in [2.24, 2.45) is 0 Å². The van der Waals surface area contributed by atoms with Crippen LogP contribution in [0.15, 0.2) is 29.2 Å². The van der Waals surface area contributed by atoms with E-state index in [1.807, 2.05) is 0 Å². The summed E-state index contributed by atoms with van der Waals surface area (Å²) in [4.78, 5) is 11.7. The predicted molar refractivity (Wildman–Crippen MR) is 60.4 cm³/mol. The molecule has 0 atom stereocenters. The van der Waals surface area contributed by atoms with Crippen LogP contribution in [0.25, 0.3) is 0 Å². The topological polar surface area (TPSA) is 60.4 Å². The SMILES string of the molecule is CCOCC(=O)c1cccc(S(C)(=O)=O)c1. The van der Waals surface area contributed by atoms with E-state index in [1.54, 1.807) is 19.1 Å². The van der Waals surface area contributed by atoms with E-state index < -0.39 is 9.84 Å². The van der Waals surface area contributed by atoms with Gasteiger partial charge in [-0.05, 0) is 19.1 Å². The number of ether oxygens (including phenoxy) is 1. The van der Waals surface area contributed by atoms with Crippen molar-refractivity contribution in [3.05, 3.63) is 29.8 Å². The van der Waals surface area contributed by atoms with Crippen LogP contribution in [0, 0.1) is 0 Å². The van der Waals surface area contributed by atoms with E-state index in [4.69, 9.17) is 4.74 Å². The van der Waals surface area contributed by atoms with Crippen LogP contribution in [0.3, 0.4) is 0 Å². The first-order chi connectivity index (χ1) is 7.45. The third kappa shape index (κ3) is 3.43. The Hall–Kier alpha value is -1.20. The molecule has 0 aliphatic rings. The van der Waals surface area contributed by atoms with E-state index in [0.717, 1.165) is 6.26 Å². The molecule has 0 aliphatic carbocycles. The number of carbonyl (C=O) groups excluding carboxylic acids is 1. The summed E-state index contributed by atoms with van der Waals surface area (Å²) in [5.74, 6) is -0.215. The smallest absolute Gasteiger partial charge is 0.188 e. The van der Waals surface area contributed by atoms with E-state index in [9.17, 15) is 13.2 Å². The molecule has 0 saturated carbocycles. The molecule has 4 nitrogen and oxygen atoms in total. The van der Waals surface area contributed by atoms with Crippen LogP contribution in [0.5, 0.6) is 0 Å². The van der Waals surface area contributed by atoms with Crippen LogP contribution in [-0.4, -0.2) is 33.7 Å². The largest absolute Gasteiger partial charge is 0.374 e. The lowest BCUT2D eigenvalue weighted by molar-refractivity contribution is 0.0783. The summed E-state index contributed by atoms with van der Waals surface area (Å²) in [6, 6.07) is 5.97. The van der Waals surface area contributed by atoms with Crippen molar-refractivity contribution in [3.8, 4) is 0 Å². The summed E-state index contributed by atoms with van der Waals surface area (Å²) in [6.07, 6.45) is 1.11. The summed E-state index contributed by atoms with van der Waals surface area (Å²) in [5, 5.41) is 0. The number of carbonyl (C=O) groups is 1. The molecular formula is C11H14O4S. The Morgan fingerprint density at radius 2 is 2.06 bits per heavy atom. The molecule has 0 saturated heterocycles. The number of sulfone groups is 1. The van der Waals surface area contributed by atoms with Crippen LogP contribution < -0.4 is 0 Å². The lowest BCUT2D eigenvalue weighted by atomic mass is 10.1. The van der Waals surface area contributed by atoms with E-state index in [1.165, 1.54) is 12.1 Å². The van der Waals surface area contributed by atoms with Crippen molar-refractivity contribution in [2.75, 3.05) is 19.5 Å². The monoisotopic (exact) mass is 242 g/mol. The van der Waals surface area contributed by atoms with Crippen molar-refractivity contribution in [1.82, 2.24) is 0 Å². The lowest BCUT2D eigenvalue weighted by Crippen LogP contribution is -2.09. The highest BCUT2D eigenvalue weighted by atomic mass is 32.2. The molecule has 1 aromatic rings. The average molecular weight is 242 g/mol. The first-order valence-corrected chi connectivity index (χ1v) is 6.75. The Morgan fingerprint density at radius 3 is 2.62 bits per heavy atom. The van der Waals surface area contributed by atoms with Gasteiger partial charge in [-0.1, -0.05) is 12.1 Å². The minimum Gasteiger partial charge on any atom is -0.374 e. The maximum atomic E-state index is 11.6. The minimum absolute atomic E-state index is 0.0241. The molecule has 5 heteroatoms. The van der Waals surface area contributed by atoms with Crippen molar-refractivity contribution in [2.45, 2.75) is 11.8 Å². The Bertz CT molecular complexity index is 477. The zero-order valence-electron chi connectivity index (χ0n) is 9.26. The molecule has 0 fully saturated rings. The van der Waals surface area contributed by atoms with Crippen LogP contribution >= 0.6 is 0 Å². The third-order valence-electron chi connectivity index (χ3n) is 2.02. The van der Waals surface area contributed by atoms with Gasteiger partial charge < -0.3 is 4.74 Å². The van der Waals surface area contributed by atoms with Gasteiger partial charge in [-0.25, -0.2) is 8.42 Å². The maximum Gasteiger partial charge on any atom is 0.188 e. The van der Waals surface area contributed by atoms with Crippen LogP contribution in [0.2, 0.25) is 0 Å². The number of Topliss-reactive ketones (excluding diaryl/α,β-unsaturated/α-hetero) is 1. The second-order valence-electron chi connectivity index (χ2n) is 3.36. The number of rotatable bonds is 5. The molecule has 0 amide bonds. The molecule has 0 bridgehead atoms. The first kappa shape index (κ1) is 12.9. The second kappa shape index (κ2) is 5.23. The van der Waals surface area contributed by atoms with Gasteiger partial charge in [-0.3, -0.25) is 4.79 Å². The molecule has 0 unspecified atom stereocenters. The van der Waals surface area contributed by atoms with Gasteiger partial charge in [0.15, 0.2) is 15.6 Å². The Morgan fingerprint density at radius 1 is 1.38 bits per heavy atom. The van der Waals surface area contributed by atoms with Gasteiger partial charge in [0.2, 0.25) is 0 Å². The summed E-state index contributed by atoms with van der Waals surface area (Å²) in [6.45, 7) is 2.22. The lowest BCUT2D eigenvalue weighted by Gasteiger charge is -2.03.